The topological polar surface area (TPSA) is 60.6 Å². The fraction of sp³-hybridized carbons (Fsp3) is 0.842. The molecule has 0 aromatic carbocycles. The first-order valence-electron chi connectivity index (χ1n) is 9.22. The third-order valence-corrected chi connectivity index (χ3v) is 6.43. The molecule has 5 nitrogen and oxygen atoms in total. The number of epoxide rings is 2. The maximum absolute atomic E-state index is 12.0. The molecule has 134 valence electrons. The molecule has 2 aliphatic heterocycles. The van der Waals surface area contributed by atoms with Gasteiger partial charge in [0, 0.05) is 0 Å². The zero-order chi connectivity index (χ0) is 16.9. The van der Waals surface area contributed by atoms with Gasteiger partial charge >= 0.3 is 5.97 Å². The Morgan fingerprint density at radius 2 is 1.50 bits per heavy atom. The van der Waals surface area contributed by atoms with Crippen LogP contribution < -0.4 is 0 Å². The molecule has 2 aliphatic carbocycles. The Labute approximate surface area is 143 Å². The number of carbonyl (C=O) groups is 1. The van der Waals surface area contributed by atoms with Crippen molar-refractivity contribution >= 4 is 5.97 Å². The lowest BCUT2D eigenvalue weighted by molar-refractivity contribution is -0.145. The van der Waals surface area contributed by atoms with Gasteiger partial charge in [0.1, 0.15) is 0 Å². The number of rotatable bonds is 6. The van der Waals surface area contributed by atoms with Crippen LogP contribution in [0.25, 0.3) is 0 Å². The minimum absolute atomic E-state index is 0.106. The molecule has 2 saturated heterocycles. The molecular weight excluding hydrogens is 308 g/mol. The second-order valence-corrected chi connectivity index (χ2v) is 8.45. The average molecular weight is 336 g/mol. The third kappa shape index (κ3) is 3.21. The summed E-state index contributed by atoms with van der Waals surface area (Å²) in [4.78, 5) is 12.0. The van der Waals surface area contributed by atoms with Gasteiger partial charge in [-0.3, -0.25) is 0 Å². The summed E-state index contributed by atoms with van der Waals surface area (Å²) in [5, 5.41) is 0. The van der Waals surface area contributed by atoms with E-state index in [0.29, 0.717) is 37.3 Å². The summed E-state index contributed by atoms with van der Waals surface area (Å²) in [5.74, 6) is 0.537. The summed E-state index contributed by atoms with van der Waals surface area (Å²) in [6.07, 6.45) is 7.00. The van der Waals surface area contributed by atoms with Gasteiger partial charge in [-0.1, -0.05) is 0 Å². The van der Waals surface area contributed by atoms with Crippen molar-refractivity contribution in [3.05, 3.63) is 12.3 Å². The van der Waals surface area contributed by atoms with Gasteiger partial charge in [0.15, 0.2) is 5.76 Å². The van der Waals surface area contributed by atoms with Gasteiger partial charge in [-0.05, 0) is 70.8 Å². The van der Waals surface area contributed by atoms with Crippen molar-refractivity contribution in [3.8, 4) is 0 Å². The molecule has 24 heavy (non-hydrogen) atoms. The van der Waals surface area contributed by atoms with Crippen molar-refractivity contribution in [1.29, 1.82) is 0 Å². The van der Waals surface area contributed by atoms with Crippen molar-refractivity contribution < 1.29 is 23.7 Å². The Morgan fingerprint density at radius 1 is 1.00 bits per heavy atom. The maximum Gasteiger partial charge on any atom is 0.372 e. The standard InChI is InChI=1S/C19H28O5/c1-12(21-10-13-4-6-18(2)15(8-13)23-18)17(20)22-11-14-5-7-19(3)16(9-14)24-19/h13-16H,1,4-11H2,2-3H3. The molecular formula is C19H28O5. The largest absolute Gasteiger partial charge is 0.487 e. The normalized spacial score (nSPS) is 45.6. The minimum atomic E-state index is -0.427. The maximum atomic E-state index is 12.0. The highest BCUT2D eigenvalue weighted by Gasteiger charge is 2.56. The molecule has 0 N–H and O–H groups in total. The van der Waals surface area contributed by atoms with Crippen LogP contribution in [0.2, 0.25) is 0 Å². The zero-order valence-electron chi connectivity index (χ0n) is 14.7. The summed E-state index contributed by atoms with van der Waals surface area (Å²) in [6.45, 7) is 9.03. The monoisotopic (exact) mass is 336 g/mol. The fourth-order valence-electron chi connectivity index (χ4n) is 4.29. The average Bonchev–Trinajstić information content (AvgIpc) is 3.42. The molecule has 6 unspecified atom stereocenters. The van der Waals surface area contributed by atoms with E-state index in [1.807, 2.05) is 0 Å². The SMILES string of the molecule is C=C(OCC1CCC2(C)OC2C1)C(=O)OCC1CCC2(C)OC2C1. The molecule has 2 saturated carbocycles. The van der Waals surface area contributed by atoms with E-state index in [1.165, 1.54) is 0 Å². The molecule has 4 fully saturated rings. The molecule has 4 rings (SSSR count). The van der Waals surface area contributed by atoms with Crippen LogP contribution in [-0.4, -0.2) is 42.6 Å². The molecule has 6 atom stereocenters. The van der Waals surface area contributed by atoms with E-state index < -0.39 is 5.97 Å². The second-order valence-electron chi connectivity index (χ2n) is 8.45. The zero-order valence-corrected chi connectivity index (χ0v) is 14.7. The molecule has 2 heterocycles. The molecule has 5 heteroatoms. The van der Waals surface area contributed by atoms with Gasteiger partial charge in [-0.15, -0.1) is 0 Å². The number of ether oxygens (including phenoxy) is 4. The van der Waals surface area contributed by atoms with Gasteiger partial charge in [0.05, 0.1) is 36.6 Å². The molecule has 0 aromatic rings. The highest BCUT2D eigenvalue weighted by atomic mass is 16.6. The second kappa shape index (κ2) is 5.73. The number of carbonyl (C=O) groups excluding carboxylic acids is 1. The van der Waals surface area contributed by atoms with Crippen molar-refractivity contribution in [2.45, 2.75) is 75.8 Å². The van der Waals surface area contributed by atoms with Gasteiger partial charge in [-0.25, -0.2) is 4.79 Å². The van der Waals surface area contributed by atoms with Crippen LogP contribution in [0.15, 0.2) is 12.3 Å². The van der Waals surface area contributed by atoms with Crippen LogP contribution in [0.4, 0.5) is 0 Å². The van der Waals surface area contributed by atoms with E-state index >= 15 is 0 Å². The van der Waals surface area contributed by atoms with Crippen molar-refractivity contribution in [2.75, 3.05) is 13.2 Å². The smallest absolute Gasteiger partial charge is 0.372 e. The van der Waals surface area contributed by atoms with Crippen LogP contribution in [-0.2, 0) is 23.7 Å². The Morgan fingerprint density at radius 3 is 2.00 bits per heavy atom. The number of hydrogen-bond donors (Lipinski definition) is 0. The summed E-state index contributed by atoms with van der Waals surface area (Å²) < 4.78 is 22.3. The Bertz CT molecular complexity index is 498. The molecule has 0 bridgehead atoms. The van der Waals surface area contributed by atoms with Crippen LogP contribution >= 0.6 is 0 Å². The minimum Gasteiger partial charge on any atom is -0.487 e. The summed E-state index contributed by atoms with van der Waals surface area (Å²) in [6, 6.07) is 0. The lowest BCUT2D eigenvalue weighted by Gasteiger charge is -2.23. The van der Waals surface area contributed by atoms with Crippen molar-refractivity contribution in [1.82, 2.24) is 0 Å². The van der Waals surface area contributed by atoms with E-state index in [2.05, 4.69) is 20.4 Å². The third-order valence-electron chi connectivity index (χ3n) is 6.43. The molecule has 0 aromatic heterocycles. The highest BCUT2D eigenvalue weighted by Crippen LogP contribution is 2.50. The molecule has 0 amide bonds. The highest BCUT2D eigenvalue weighted by molar-refractivity contribution is 5.85. The van der Waals surface area contributed by atoms with Gasteiger partial charge in [-0.2, -0.15) is 0 Å². The summed E-state index contributed by atoms with van der Waals surface area (Å²) in [5.41, 5.74) is 0.225. The van der Waals surface area contributed by atoms with Gasteiger partial charge in [0.2, 0.25) is 0 Å². The number of fused-ring (bicyclic) bond motifs is 2. The first kappa shape index (κ1) is 16.4. The first-order chi connectivity index (χ1) is 11.4. The van der Waals surface area contributed by atoms with Crippen LogP contribution in [0.5, 0.6) is 0 Å². The van der Waals surface area contributed by atoms with Crippen LogP contribution in [0.3, 0.4) is 0 Å². The fourth-order valence-corrected chi connectivity index (χ4v) is 4.29. The van der Waals surface area contributed by atoms with Gasteiger partial charge < -0.3 is 18.9 Å². The predicted octanol–water partition coefficient (Wildman–Crippen LogP) is 2.98. The van der Waals surface area contributed by atoms with E-state index in [0.717, 1.165) is 38.5 Å². The lowest BCUT2D eigenvalue weighted by Crippen LogP contribution is -2.26. The van der Waals surface area contributed by atoms with E-state index in [-0.39, 0.29) is 17.0 Å². The Hall–Kier alpha value is -1.07. The quantitative estimate of drug-likeness (QED) is 0.323. The summed E-state index contributed by atoms with van der Waals surface area (Å²) in [7, 11) is 0. The van der Waals surface area contributed by atoms with E-state index in [4.69, 9.17) is 18.9 Å². The van der Waals surface area contributed by atoms with Crippen LogP contribution in [0, 0.1) is 11.8 Å². The Balaban J connectivity index is 1.13. The molecule has 0 spiro atoms. The lowest BCUT2D eigenvalue weighted by atomic mass is 9.83. The first-order valence-corrected chi connectivity index (χ1v) is 9.22. The Kier molecular flexibility index (Phi) is 3.92. The molecule has 0 radical (unpaired) electrons. The number of hydrogen-bond acceptors (Lipinski definition) is 5. The number of esters is 1. The van der Waals surface area contributed by atoms with Crippen LogP contribution in [0.1, 0.15) is 52.4 Å². The predicted molar refractivity (Wildman–Crippen MR) is 87.3 cm³/mol. The molecule has 4 aliphatic rings. The van der Waals surface area contributed by atoms with Crippen molar-refractivity contribution in [3.63, 3.8) is 0 Å². The van der Waals surface area contributed by atoms with E-state index in [1.54, 1.807) is 0 Å². The van der Waals surface area contributed by atoms with E-state index in [9.17, 15) is 4.79 Å². The van der Waals surface area contributed by atoms with Gasteiger partial charge in [0.25, 0.3) is 0 Å². The van der Waals surface area contributed by atoms with Crippen molar-refractivity contribution in [2.24, 2.45) is 11.8 Å². The summed E-state index contributed by atoms with van der Waals surface area (Å²) >= 11 is 0.